The van der Waals surface area contributed by atoms with Crippen LogP contribution in [0.2, 0.25) is 0 Å². The number of amides is 1. The fourth-order valence-corrected chi connectivity index (χ4v) is 7.64. The number of rotatable bonds is 7. The van der Waals surface area contributed by atoms with Crippen molar-refractivity contribution in [3.8, 4) is 0 Å². The molecule has 0 saturated heterocycles. The second kappa shape index (κ2) is 8.57. The number of carbonyl (C=O) groups is 1. The van der Waals surface area contributed by atoms with Gasteiger partial charge in [0.2, 0.25) is 5.91 Å². The van der Waals surface area contributed by atoms with Crippen molar-refractivity contribution in [2.24, 2.45) is 17.3 Å². The molecule has 9 heteroatoms. The van der Waals surface area contributed by atoms with Crippen molar-refractivity contribution in [1.29, 1.82) is 0 Å². The van der Waals surface area contributed by atoms with Gasteiger partial charge in [-0.05, 0) is 55.9 Å². The first kappa shape index (κ1) is 23.2. The minimum Gasteiger partial charge on any atom is -0.383 e. The van der Waals surface area contributed by atoms with Gasteiger partial charge in [-0.2, -0.15) is 0 Å². The number of aromatic nitrogens is 2. The van der Waals surface area contributed by atoms with Gasteiger partial charge in [-0.3, -0.25) is 24.0 Å². The maximum Gasteiger partial charge on any atom is 0.330 e. The third-order valence-electron chi connectivity index (χ3n) is 7.88. The molecule has 34 heavy (non-hydrogen) atoms. The largest absolute Gasteiger partial charge is 0.383 e. The number of nitrogens with two attached hydrogens (primary N) is 1. The van der Waals surface area contributed by atoms with Gasteiger partial charge in [-0.1, -0.05) is 30.3 Å². The lowest BCUT2D eigenvalue weighted by atomic mass is 9.49. The van der Waals surface area contributed by atoms with Crippen LogP contribution in [0.5, 0.6) is 0 Å². The van der Waals surface area contributed by atoms with Gasteiger partial charge in [0, 0.05) is 12.0 Å². The van der Waals surface area contributed by atoms with Crippen LogP contribution in [0.15, 0.2) is 39.9 Å². The monoisotopic (exact) mass is 486 g/mol. The first-order valence-corrected chi connectivity index (χ1v) is 12.3. The number of nitrogens with one attached hydrogen (secondary N) is 1. The van der Waals surface area contributed by atoms with Gasteiger partial charge in [0.1, 0.15) is 5.82 Å². The summed E-state index contributed by atoms with van der Waals surface area (Å²) in [6.07, 6.45) is 5.19. The minimum atomic E-state index is -0.661. The minimum absolute atomic E-state index is 0.0175. The lowest BCUT2D eigenvalue weighted by Crippen LogP contribution is -2.59. The van der Waals surface area contributed by atoms with E-state index in [1.165, 1.54) is 16.6 Å². The van der Waals surface area contributed by atoms with Gasteiger partial charge in [0.05, 0.1) is 25.1 Å². The van der Waals surface area contributed by atoms with E-state index in [1.807, 2.05) is 30.3 Å². The van der Waals surface area contributed by atoms with Crippen LogP contribution in [-0.4, -0.2) is 34.0 Å². The second-order valence-electron chi connectivity index (χ2n) is 10.4. The molecule has 3 N–H and O–H groups in total. The zero-order valence-electron chi connectivity index (χ0n) is 19.4. The first-order valence-electron chi connectivity index (χ1n) is 11.9. The van der Waals surface area contributed by atoms with Gasteiger partial charge in [-0.15, -0.1) is 11.6 Å². The molecule has 4 aliphatic rings. The number of benzene rings is 1. The number of hydrogen-bond donors (Lipinski definition) is 2. The Labute approximate surface area is 203 Å². The highest BCUT2D eigenvalue weighted by Crippen LogP contribution is 2.64. The highest BCUT2D eigenvalue weighted by Gasteiger charge is 2.61. The van der Waals surface area contributed by atoms with Crippen LogP contribution in [0.25, 0.3) is 0 Å². The molecule has 4 bridgehead atoms. The number of halogens is 1. The number of carbonyl (C=O) groups excluding carboxylic acids is 1. The van der Waals surface area contributed by atoms with Crippen molar-refractivity contribution in [1.82, 2.24) is 9.55 Å². The van der Waals surface area contributed by atoms with Crippen LogP contribution in [0.3, 0.4) is 0 Å². The fraction of sp³-hybridized carbons (Fsp3) is 0.560. The maximum absolute atomic E-state index is 14.4. The molecule has 1 heterocycles. The number of ether oxygens (including phenoxy) is 1. The summed E-state index contributed by atoms with van der Waals surface area (Å²) < 4.78 is 6.36. The molecule has 1 aromatic carbocycles. The maximum atomic E-state index is 14.4. The summed E-state index contributed by atoms with van der Waals surface area (Å²) in [6, 6.07) is 9.51. The molecule has 4 fully saturated rings. The molecule has 4 aliphatic carbocycles. The third-order valence-corrected chi connectivity index (χ3v) is 8.32. The van der Waals surface area contributed by atoms with Gasteiger partial charge >= 0.3 is 5.69 Å². The smallest absolute Gasteiger partial charge is 0.330 e. The standard InChI is InChI=1S/C25H31ClN4O4/c1-34-8-7-29-20(27)19(21(31)28-23(29)33)30(14-16-5-3-2-4-6-16)22(32)24-10-17-9-18(11-24)13-25(26,12-17)15-24/h2-6,17-18H,7-15,27H2,1H3,(H,28,31,33). The molecule has 1 amide bonds. The number of hydrogen-bond acceptors (Lipinski definition) is 5. The molecule has 182 valence electrons. The van der Waals surface area contributed by atoms with Crippen LogP contribution >= 0.6 is 11.6 Å². The summed E-state index contributed by atoms with van der Waals surface area (Å²) >= 11 is 7.02. The fourth-order valence-electron chi connectivity index (χ4n) is 6.95. The Morgan fingerprint density at radius 2 is 1.88 bits per heavy atom. The molecule has 2 unspecified atom stereocenters. The van der Waals surface area contributed by atoms with E-state index in [4.69, 9.17) is 22.1 Å². The Kier molecular flexibility index (Phi) is 5.84. The van der Waals surface area contributed by atoms with Crippen molar-refractivity contribution in [2.75, 3.05) is 24.4 Å². The van der Waals surface area contributed by atoms with E-state index in [9.17, 15) is 14.4 Å². The highest BCUT2D eigenvalue weighted by molar-refractivity contribution is 6.24. The van der Waals surface area contributed by atoms with Gasteiger partial charge in [-0.25, -0.2) is 4.79 Å². The van der Waals surface area contributed by atoms with Crippen molar-refractivity contribution in [2.45, 2.75) is 56.5 Å². The Bertz CT molecular complexity index is 1190. The van der Waals surface area contributed by atoms with Crippen molar-refractivity contribution < 1.29 is 9.53 Å². The van der Waals surface area contributed by atoms with Crippen molar-refractivity contribution in [3.63, 3.8) is 0 Å². The summed E-state index contributed by atoms with van der Waals surface area (Å²) in [4.78, 5) is 43.5. The first-order chi connectivity index (χ1) is 16.2. The van der Waals surface area contributed by atoms with Crippen LogP contribution < -0.4 is 21.9 Å². The lowest BCUT2D eigenvalue weighted by Gasteiger charge is -2.59. The number of methoxy groups -OCH3 is 1. The van der Waals surface area contributed by atoms with E-state index >= 15 is 0 Å². The van der Waals surface area contributed by atoms with Gasteiger partial charge < -0.3 is 10.5 Å². The van der Waals surface area contributed by atoms with Gasteiger partial charge in [0.15, 0.2) is 5.69 Å². The van der Waals surface area contributed by atoms with Crippen molar-refractivity contribution in [3.05, 3.63) is 56.7 Å². The molecule has 2 aromatic rings. The molecule has 0 aliphatic heterocycles. The Morgan fingerprint density at radius 3 is 2.50 bits per heavy atom. The van der Waals surface area contributed by atoms with E-state index in [2.05, 4.69) is 4.98 Å². The Hall–Kier alpha value is -2.58. The second-order valence-corrected chi connectivity index (χ2v) is 11.2. The average Bonchev–Trinajstić information content (AvgIpc) is 2.76. The van der Waals surface area contributed by atoms with E-state index in [0.717, 1.165) is 37.7 Å². The molecule has 0 spiro atoms. The number of nitrogen functional groups attached to an aromatic ring is 1. The summed E-state index contributed by atoms with van der Waals surface area (Å²) in [6.45, 7) is 0.588. The molecule has 2 atom stereocenters. The quantitative estimate of drug-likeness (QED) is 0.585. The average molecular weight is 487 g/mol. The topological polar surface area (TPSA) is 110 Å². The Balaban J connectivity index is 1.61. The molecular weight excluding hydrogens is 456 g/mol. The number of anilines is 2. The number of alkyl halides is 1. The van der Waals surface area contributed by atoms with Crippen LogP contribution in [0, 0.1) is 17.3 Å². The number of aromatic amines is 1. The summed E-state index contributed by atoms with van der Waals surface area (Å²) in [5, 5.41) is 0. The molecule has 4 saturated carbocycles. The zero-order valence-corrected chi connectivity index (χ0v) is 20.1. The highest BCUT2D eigenvalue weighted by atomic mass is 35.5. The number of nitrogens with zero attached hydrogens (tertiary/aromatic N) is 2. The lowest BCUT2D eigenvalue weighted by molar-refractivity contribution is -0.141. The van der Waals surface area contributed by atoms with Crippen LogP contribution in [0.1, 0.15) is 44.1 Å². The predicted molar refractivity (Wildman–Crippen MR) is 131 cm³/mol. The van der Waals surface area contributed by atoms with Gasteiger partial charge in [0.25, 0.3) is 5.56 Å². The predicted octanol–water partition coefficient (Wildman–Crippen LogP) is 2.88. The molecular formula is C25H31ClN4O4. The molecule has 0 radical (unpaired) electrons. The molecule has 1 aromatic heterocycles. The molecule has 8 nitrogen and oxygen atoms in total. The van der Waals surface area contributed by atoms with Crippen LogP contribution in [-0.2, 0) is 22.6 Å². The van der Waals surface area contributed by atoms with E-state index in [0.29, 0.717) is 18.3 Å². The van der Waals surface area contributed by atoms with Crippen molar-refractivity contribution >= 4 is 29.0 Å². The summed E-state index contributed by atoms with van der Waals surface area (Å²) in [7, 11) is 1.52. The SMILES string of the molecule is COCCn1c(N)c(N(Cc2ccccc2)C(=O)C23CC4CC(CC(Cl)(C4)C2)C3)c(=O)[nH]c1=O. The van der Waals surface area contributed by atoms with Crippen LogP contribution in [0.4, 0.5) is 11.5 Å². The summed E-state index contributed by atoms with van der Waals surface area (Å²) in [5.41, 5.74) is 5.39. The normalized spacial score (nSPS) is 29.4. The third kappa shape index (κ3) is 3.96. The summed E-state index contributed by atoms with van der Waals surface area (Å²) in [5.74, 6) is 0.699. The van der Waals surface area contributed by atoms with E-state index in [-0.39, 0.29) is 42.0 Å². The molecule has 6 rings (SSSR count). The van der Waals surface area contributed by atoms with E-state index in [1.54, 1.807) is 0 Å². The van der Waals surface area contributed by atoms with E-state index < -0.39 is 16.7 Å². The number of H-pyrrole nitrogens is 1. The zero-order chi connectivity index (χ0) is 24.1. The Morgan fingerprint density at radius 1 is 1.21 bits per heavy atom.